The van der Waals surface area contributed by atoms with Crippen LogP contribution in [0.3, 0.4) is 0 Å². The predicted octanol–water partition coefficient (Wildman–Crippen LogP) is 2.54. The van der Waals surface area contributed by atoms with Gasteiger partial charge >= 0.3 is 0 Å². The number of anilines is 1. The van der Waals surface area contributed by atoms with Gasteiger partial charge in [-0.3, -0.25) is 19.3 Å². The summed E-state index contributed by atoms with van der Waals surface area (Å²) in [5, 5.41) is 14.1. The van der Waals surface area contributed by atoms with E-state index in [1.807, 2.05) is 30.5 Å². The van der Waals surface area contributed by atoms with Crippen molar-refractivity contribution >= 4 is 28.8 Å². The van der Waals surface area contributed by atoms with Gasteiger partial charge in [0.1, 0.15) is 11.4 Å². The summed E-state index contributed by atoms with van der Waals surface area (Å²) in [5.41, 5.74) is 2.39. The predicted molar refractivity (Wildman–Crippen MR) is 130 cm³/mol. The molecule has 2 amide bonds. The third-order valence-electron chi connectivity index (χ3n) is 5.55. The van der Waals surface area contributed by atoms with Gasteiger partial charge < -0.3 is 19.7 Å². The van der Waals surface area contributed by atoms with Crippen LogP contribution < -0.4 is 15.6 Å². The molecule has 8 nitrogen and oxygen atoms in total. The maximum atomic E-state index is 12.6. The summed E-state index contributed by atoms with van der Waals surface area (Å²) in [7, 11) is 0. The second-order valence-corrected chi connectivity index (χ2v) is 8.83. The van der Waals surface area contributed by atoms with Crippen molar-refractivity contribution in [2.45, 2.75) is 19.9 Å². The summed E-state index contributed by atoms with van der Waals surface area (Å²) in [6, 6.07) is 12.9. The summed E-state index contributed by atoms with van der Waals surface area (Å²) < 4.78 is 7.31. The maximum absolute atomic E-state index is 12.6. The monoisotopic (exact) mass is 479 g/mol. The summed E-state index contributed by atoms with van der Waals surface area (Å²) in [6.07, 6.45) is 3.73. The zero-order chi connectivity index (χ0) is 24.1. The molecule has 2 aromatic heterocycles. The van der Waals surface area contributed by atoms with E-state index in [4.69, 9.17) is 9.84 Å². The van der Waals surface area contributed by atoms with Gasteiger partial charge in [0.05, 0.1) is 26.3 Å². The van der Waals surface area contributed by atoms with E-state index in [0.717, 1.165) is 22.4 Å². The van der Waals surface area contributed by atoms with E-state index in [9.17, 15) is 14.4 Å². The zero-order valence-electron chi connectivity index (χ0n) is 18.7. The van der Waals surface area contributed by atoms with Crippen molar-refractivity contribution in [2.75, 3.05) is 25.1 Å². The Bertz CT molecular complexity index is 1280. The molecule has 0 saturated heterocycles. The topological polar surface area (TPSA) is 101 Å². The van der Waals surface area contributed by atoms with Gasteiger partial charge in [-0.05, 0) is 41.6 Å². The van der Waals surface area contributed by atoms with Crippen molar-refractivity contribution in [3.63, 3.8) is 0 Å². The molecule has 0 spiro atoms. The minimum atomic E-state index is -0.477. The number of aliphatic hydroxyl groups is 1. The van der Waals surface area contributed by atoms with Crippen LogP contribution in [-0.2, 0) is 22.6 Å². The van der Waals surface area contributed by atoms with Crippen molar-refractivity contribution in [3.05, 3.63) is 92.2 Å². The highest BCUT2D eigenvalue weighted by molar-refractivity contribution is 7.09. The number of hydrogen-bond acceptors (Lipinski definition) is 7. The van der Waals surface area contributed by atoms with Crippen LogP contribution in [-0.4, -0.2) is 46.1 Å². The van der Waals surface area contributed by atoms with Crippen LogP contribution in [0.15, 0.2) is 70.6 Å². The molecular formula is C25H25N3O5S. The van der Waals surface area contributed by atoms with Crippen LogP contribution in [0.4, 0.5) is 5.69 Å². The molecule has 9 heteroatoms. The molecule has 0 aliphatic carbocycles. The van der Waals surface area contributed by atoms with Crippen molar-refractivity contribution in [3.8, 4) is 5.75 Å². The fourth-order valence-electron chi connectivity index (χ4n) is 3.66. The van der Waals surface area contributed by atoms with Crippen molar-refractivity contribution in [2.24, 2.45) is 0 Å². The highest BCUT2D eigenvalue weighted by Crippen LogP contribution is 2.23. The number of carbonyl (C=O) groups excluding carboxylic acids is 2. The lowest BCUT2D eigenvalue weighted by atomic mass is 10.1. The lowest BCUT2D eigenvalue weighted by Crippen LogP contribution is -2.34. The first-order valence-electron chi connectivity index (χ1n) is 10.9. The number of aromatic nitrogens is 1. The summed E-state index contributed by atoms with van der Waals surface area (Å²) >= 11 is 1.68. The van der Waals surface area contributed by atoms with Crippen LogP contribution in [0.2, 0.25) is 0 Å². The number of thiophene rings is 1. The maximum Gasteiger partial charge on any atom is 0.277 e. The lowest BCUT2D eigenvalue weighted by molar-refractivity contribution is -0.137. The third-order valence-corrected chi connectivity index (χ3v) is 6.49. The number of ether oxygens (including phenoxy) is 1. The van der Waals surface area contributed by atoms with E-state index in [2.05, 4.69) is 11.4 Å². The Labute approximate surface area is 200 Å². The Kier molecular flexibility index (Phi) is 7.24. The third kappa shape index (κ3) is 5.27. The van der Waals surface area contributed by atoms with Crippen LogP contribution in [0.5, 0.6) is 5.75 Å². The Morgan fingerprint density at radius 2 is 1.97 bits per heavy atom. The number of benzene rings is 1. The second kappa shape index (κ2) is 10.5. The van der Waals surface area contributed by atoms with Crippen molar-refractivity contribution in [1.82, 2.24) is 9.47 Å². The molecule has 34 heavy (non-hydrogen) atoms. The molecule has 0 bridgehead atoms. The van der Waals surface area contributed by atoms with Crippen molar-refractivity contribution < 1.29 is 19.4 Å². The number of rotatable bonds is 10. The molecule has 0 unspecified atom stereocenters. The summed E-state index contributed by atoms with van der Waals surface area (Å²) in [5.74, 6) is -0.400. The molecule has 176 valence electrons. The van der Waals surface area contributed by atoms with E-state index in [-0.39, 0.29) is 24.4 Å². The van der Waals surface area contributed by atoms with E-state index in [1.165, 1.54) is 17.0 Å². The minimum Gasteiger partial charge on any atom is -0.493 e. The van der Waals surface area contributed by atoms with Crippen molar-refractivity contribution in [1.29, 1.82) is 0 Å². The van der Waals surface area contributed by atoms with E-state index in [0.29, 0.717) is 24.6 Å². The first kappa shape index (κ1) is 23.5. The Morgan fingerprint density at radius 1 is 1.12 bits per heavy atom. The fourth-order valence-corrected chi connectivity index (χ4v) is 4.35. The first-order chi connectivity index (χ1) is 16.5. The molecule has 0 atom stereocenters. The molecule has 0 saturated carbocycles. The van der Waals surface area contributed by atoms with Gasteiger partial charge in [0.25, 0.3) is 17.4 Å². The molecule has 3 heterocycles. The number of imide groups is 1. The number of hydrogen-bond donors (Lipinski definition) is 2. The summed E-state index contributed by atoms with van der Waals surface area (Å²) in [4.78, 5) is 39.3. The highest BCUT2D eigenvalue weighted by Gasteiger charge is 2.30. The van der Waals surface area contributed by atoms with Gasteiger partial charge in [0.2, 0.25) is 0 Å². The standard InChI is InChI=1S/C25H25N3O5S/c1-17-18(4-2-6-21(17)26-22-15-24(31)28(10-11-29)25(22)32)16-27-9-7-19(14-23(27)30)33-12-8-20-5-3-13-34-20/h2-7,9,13-15,26,29H,8,10-12,16H2,1H3. The van der Waals surface area contributed by atoms with Crippen LogP contribution in [0, 0.1) is 6.92 Å². The highest BCUT2D eigenvalue weighted by atomic mass is 32.1. The average molecular weight is 480 g/mol. The van der Waals surface area contributed by atoms with Crippen LogP contribution in [0.25, 0.3) is 0 Å². The number of carbonyl (C=O) groups is 2. The number of pyridine rings is 1. The molecule has 0 fully saturated rings. The van der Waals surface area contributed by atoms with E-state index in [1.54, 1.807) is 34.2 Å². The minimum absolute atomic E-state index is 0.0466. The average Bonchev–Trinajstić information content (AvgIpc) is 3.42. The number of β-amino-alcohol motifs (C(OH)–C–C–N with tert-alkyl or cyclic N) is 1. The Morgan fingerprint density at radius 3 is 2.71 bits per heavy atom. The van der Waals surface area contributed by atoms with E-state index >= 15 is 0 Å². The number of nitrogens with zero attached hydrogens (tertiary/aromatic N) is 2. The number of nitrogens with one attached hydrogen (secondary N) is 1. The van der Waals surface area contributed by atoms with Gasteiger partial charge in [-0.2, -0.15) is 0 Å². The molecule has 1 aromatic carbocycles. The normalized spacial score (nSPS) is 13.4. The largest absolute Gasteiger partial charge is 0.493 e. The molecule has 3 aromatic rings. The zero-order valence-corrected chi connectivity index (χ0v) is 19.5. The van der Waals surface area contributed by atoms with E-state index < -0.39 is 11.8 Å². The smallest absolute Gasteiger partial charge is 0.277 e. The Balaban J connectivity index is 1.43. The lowest BCUT2D eigenvalue weighted by Gasteiger charge is -2.16. The van der Waals surface area contributed by atoms with Gasteiger partial charge in [0.15, 0.2) is 0 Å². The Hall–Kier alpha value is -3.69. The van der Waals surface area contributed by atoms with Gasteiger partial charge in [-0.1, -0.05) is 18.2 Å². The number of aliphatic hydroxyl groups excluding tert-OH is 1. The van der Waals surface area contributed by atoms with Gasteiger partial charge in [0, 0.05) is 35.3 Å². The second-order valence-electron chi connectivity index (χ2n) is 7.80. The molecule has 0 radical (unpaired) electrons. The molecular weight excluding hydrogens is 454 g/mol. The fraction of sp³-hybridized carbons (Fsp3) is 0.240. The van der Waals surface area contributed by atoms with Gasteiger partial charge in [-0.15, -0.1) is 11.3 Å². The number of amides is 2. The van der Waals surface area contributed by atoms with Crippen LogP contribution in [0.1, 0.15) is 16.0 Å². The molecule has 1 aliphatic heterocycles. The molecule has 2 N–H and O–H groups in total. The SMILES string of the molecule is Cc1c(Cn2ccc(OCCc3cccs3)cc2=O)cccc1NC1=CC(=O)N(CCO)C1=O. The van der Waals surface area contributed by atoms with Crippen LogP contribution >= 0.6 is 11.3 Å². The first-order valence-corrected chi connectivity index (χ1v) is 11.7. The molecule has 1 aliphatic rings. The quantitative estimate of drug-likeness (QED) is 0.434. The summed E-state index contributed by atoms with van der Waals surface area (Å²) in [6.45, 7) is 2.40. The van der Waals surface area contributed by atoms with Gasteiger partial charge in [-0.25, -0.2) is 0 Å². The molecule has 4 rings (SSSR count).